The molecule has 11 heteroatoms. The van der Waals surface area contributed by atoms with Gasteiger partial charge in [-0.2, -0.15) is 0 Å². The highest BCUT2D eigenvalue weighted by Gasteiger charge is 2.40. The maximum Gasteiger partial charge on any atom is 0.323 e. The average molecular weight is 470 g/mol. The molecule has 9 nitrogen and oxygen atoms in total. The molecule has 1 rings (SSSR count). The summed E-state index contributed by atoms with van der Waals surface area (Å²) >= 11 is 0. The Bertz CT molecular complexity index is 699. The Labute approximate surface area is 179 Å². The molecule has 0 aliphatic carbocycles. The molecule has 0 saturated heterocycles. The van der Waals surface area contributed by atoms with Crippen molar-refractivity contribution in [3.63, 3.8) is 0 Å². The molecule has 0 aliphatic rings. The van der Waals surface area contributed by atoms with Gasteiger partial charge in [0.1, 0.15) is 0 Å². The summed E-state index contributed by atoms with van der Waals surface area (Å²) in [7, 11) is -6.40. The van der Waals surface area contributed by atoms with Gasteiger partial charge in [-0.1, -0.05) is 59.7 Å². The molecule has 0 radical (unpaired) electrons. The first kappa shape index (κ1) is 29.4. The first-order chi connectivity index (χ1) is 13.6. The number of aliphatic hydroxyl groups is 4. The third-order valence-corrected chi connectivity index (χ3v) is 6.12. The van der Waals surface area contributed by atoms with E-state index < -0.39 is 47.8 Å². The molecule has 0 aromatic heterocycles. The summed E-state index contributed by atoms with van der Waals surface area (Å²) < 4.78 is 22.3. The van der Waals surface area contributed by atoms with Gasteiger partial charge in [0.05, 0.1) is 31.3 Å². The summed E-state index contributed by atoms with van der Waals surface area (Å²) in [6.45, 7) is 11.1. The molecule has 0 heterocycles. The highest BCUT2D eigenvalue weighted by Crippen LogP contribution is 2.40. The highest BCUT2D eigenvalue weighted by molar-refractivity contribution is 7.46. The average Bonchev–Trinajstić information content (AvgIpc) is 2.61. The second kappa shape index (κ2) is 11.9. The molecule has 0 amide bonds. The summed E-state index contributed by atoms with van der Waals surface area (Å²) in [4.78, 5) is 15.4. The molecule has 0 aliphatic heterocycles. The SMILES string of the molecule is CC(C)(C)c1ccc(C(O)C(CO)(CO)CO)c(C(C)(C)C)c1.O=[PH](O)O[PH](=O)O. The molecule has 3 unspecified atom stereocenters. The fourth-order valence-corrected chi connectivity index (χ4v) is 3.32. The van der Waals surface area contributed by atoms with Crippen LogP contribution >= 0.6 is 16.5 Å². The molecule has 0 bridgehead atoms. The zero-order chi connectivity index (χ0) is 23.9. The van der Waals surface area contributed by atoms with E-state index in [1.54, 1.807) is 0 Å². The van der Waals surface area contributed by atoms with Gasteiger partial charge in [0.15, 0.2) is 0 Å². The predicted molar refractivity (Wildman–Crippen MR) is 116 cm³/mol. The quantitative estimate of drug-likeness (QED) is 0.327. The summed E-state index contributed by atoms with van der Waals surface area (Å²) in [5, 5.41) is 39.6. The standard InChI is InChI=1S/C19H32O4.H4O5P2/c1-17(2,3)13-7-8-14(15(9-13)18(4,5)6)16(23)19(10-20,11-21)12-22;1-6(2)5-7(3)4/h7-9,16,20-23H,10-12H2,1-6H3;6-7H,(H,1,2)(H,3,4). The van der Waals surface area contributed by atoms with Crippen LogP contribution in [0.3, 0.4) is 0 Å². The Morgan fingerprint density at radius 2 is 1.30 bits per heavy atom. The van der Waals surface area contributed by atoms with Crippen molar-refractivity contribution in [1.29, 1.82) is 0 Å². The van der Waals surface area contributed by atoms with Crippen molar-refractivity contribution in [2.45, 2.75) is 58.5 Å². The van der Waals surface area contributed by atoms with Crippen LogP contribution in [0.4, 0.5) is 0 Å². The first-order valence-corrected chi connectivity index (χ1v) is 11.9. The summed E-state index contributed by atoms with van der Waals surface area (Å²) in [6, 6.07) is 5.89. The lowest BCUT2D eigenvalue weighted by atomic mass is 9.73. The van der Waals surface area contributed by atoms with Gasteiger partial charge < -0.3 is 30.2 Å². The Kier molecular flexibility index (Phi) is 11.6. The molecular formula is C19H36O9P2. The Hall–Kier alpha value is -0.600. The van der Waals surface area contributed by atoms with Crippen LogP contribution in [0.25, 0.3) is 0 Å². The second-order valence-corrected chi connectivity index (χ2v) is 11.1. The normalized spacial score (nSPS) is 15.7. The van der Waals surface area contributed by atoms with Crippen LogP contribution in [0.5, 0.6) is 0 Å². The van der Waals surface area contributed by atoms with Crippen LogP contribution < -0.4 is 0 Å². The van der Waals surface area contributed by atoms with Crippen molar-refractivity contribution in [2.75, 3.05) is 19.8 Å². The third-order valence-electron chi connectivity index (χ3n) is 4.72. The van der Waals surface area contributed by atoms with E-state index >= 15 is 0 Å². The van der Waals surface area contributed by atoms with E-state index in [2.05, 4.69) is 51.9 Å². The van der Waals surface area contributed by atoms with Gasteiger partial charge in [0.25, 0.3) is 0 Å². The first-order valence-electron chi connectivity index (χ1n) is 9.35. The monoisotopic (exact) mass is 470 g/mol. The maximum atomic E-state index is 10.8. The number of hydrogen-bond donors (Lipinski definition) is 6. The van der Waals surface area contributed by atoms with Crippen LogP contribution in [-0.4, -0.2) is 50.0 Å². The van der Waals surface area contributed by atoms with E-state index in [0.29, 0.717) is 5.56 Å². The van der Waals surface area contributed by atoms with E-state index in [-0.39, 0.29) is 10.8 Å². The van der Waals surface area contributed by atoms with Gasteiger partial charge in [-0.15, -0.1) is 0 Å². The molecule has 0 fully saturated rings. The minimum absolute atomic E-state index is 0.0223. The largest absolute Gasteiger partial charge is 0.395 e. The zero-order valence-electron chi connectivity index (χ0n) is 18.3. The van der Waals surface area contributed by atoms with Crippen molar-refractivity contribution in [1.82, 2.24) is 0 Å². The van der Waals surface area contributed by atoms with Gasteiger partial charge in [-0.25, -0.2) is 4.31 Å². The number of rotatable bonds is 7. The second-order valence-electron chi connectivity index (χ2n) is 9.18. The van der Waals surface area contributed by atoms with Crippen molar-refractivity contribution in [2.24, 2.45) is 5.41 Å². The maximum absolute atomic E-state index is 10.8. The molecular weight excluding hydrogens is 434 g/mol. The smallest absolute Gasteiger partial charge is 0.323 e. The molecule has 0 spiro atoms. The van der Waals surface area contributed by atoms with E-state index in [1.807, 2.05) is 12.1 Å². The van der Waals surface area contributed by atoms with Gasteiger partial charge >= 0.3 is 16.5 Å². The predicted octanol–water partition coefficient (Wildman–Crippen LogP) is 2.05. The Morgan fingerprint density at radius 1 is 0.867 bits per heavy atom. The zero-order valence-corrected chi connectivity index (χ0v) is 20.3. The fourth-order valence-electron chi connectivity index (χ4n) is 2.72. The van der Waals surface area contributed by atoms with E-state index in [1.165, 1.54) is 0 Å². The lowest BCUT2D eigenvalue weighted by Gasteiger charge is -2.36. The molecule has 3 atom stereocenters. The molecule has 30 heavy (non-hydrogen) atoms. The van der Waals surface area contributed by atoms with Crippen LogP contribution in [-0.2, 0) is 24.3 Å². The van der Waals surface area contributed by atoms with Crippen molar-refractivity contribution in [3.8, 4) is 0 Å². The van der Waals surface area contributed by atoms with Gasteiger partial charge in [-0.3, -0.25) is 9.13 Å². The van der Waals surface area contributed by atoms with E-state index in [0.717, 1.165) is 11.1 Å². The summed E-state index contributed by atoms with van der Waals surface area (Å²) in [5.74, 6) is 0. The number of hydrogen-bond acceptors (Lipinski definition) is 7. The van der Waals surface area contributed by atoms with Crippen LogP contribution in [0, 0.1) is 5.41 Å². The Balaban J connectivity index is 0.00000103. The molecule has 176 valence electrons. The fraction of sp³-hybridized carbons (Fsp3) is 0.684. The molecule has 6 N–H and O–H groups in total. The minimum atomic E-state index is -3.20. The van der Waals surface area contributed by atoms with Crippen molar-refractivity contribution in [3.05, 3.63) is 34.9 Å². The van der Waals surface area contributed by atoms with E-state index in [4.69, 9.17) is 9.79 Å². The van der Waals surface area contributed by atoms with Crippen LogP contribution in [0.2, 0.25) is 0 Å². The third kappa shape index (κ3) is 8.50. The number of aliphatic hydroxyl groups excluding tert-OH is 4. The van der Waals surface area contributed by atoms with E-state index in [9.17, 15) is 29.6 Å². The van der Waals surface area contributed by atoms with Gasteiger partial charge in [0.2, 0.25) is 0 Å². The summed E-state index contributed by atoms with van der Waals surface area (Å²) in [5.41, 5.74) is 1.15. The van der Waals surface area contributed by atoms with Crippen LogP contribution in [0.15, 0.2) is 18.2 Å². The lowest BCUT2D eigenvalue weighted by Crippen LogP contribution is -2.41. The highest BCUT2D eigenvalue weighted by atomic mass is 31.2. The van der Waals surface area contributed by atoms with Crippen LogP contribution in [0.1, 0.15) is 64.3 Å². The number of benzene rings is 1. The van der Waals surface area contributed by atoms with Gasteiger partial charge in [0, 0.05) is 0 Å². The van der Waals surface area contributed by atoms with Crippen molar-refractivity contribution < 1.29 is 43.7 Å². The van der Waals surface area contributed by atoms with Crippen molar-refractivity contribution >= 4 is 16.5 Å². The molecule has 1 aromatic carbocycles. The Morgan fingerprint density at radius 3 is 1.57 bits per heavy atom. The van der Waals surface area contributed by atoms with Gasteiger partial charge in [-0.05, 0) is 27.5 Å². The molecule has 0 saturated carbocycles. The topological polar surface area (TPSA) is 165 Å². The lowest BCUT2D eigenvalue weighted by molar-refractivity contribution is -0.0857. The minimum Gasteiger partial charge on any atom is -0.395 e. The summed E-state index contributed by atoms with van der Waals surface area (Å²) in [6.07, 6.45) is -1.15. The molecule has 1 aromatic rings.